The second-order valence-corrected chi connectivity index (χ2v) is 6.79. The van der Waals surface area contributed by atoms with Gasteiger partial charge in [-0.25, -0.2) is 0 Å². The average Bonchev–Trinajstić information content (AvgIpc) is 2.36. The van der Waals surface area contributed by atoms with E-state index in [1.165, 1.54) is 18.2 Å². The van der Waals surface area contributed by atoms with Crippen LogP contribution in [-0.2, 0) is 10.9 Å². The quantitative estimate of drug-likeness (QED) is 0.452. The Kier molecular flexibility index (Phi) is 5.81. The zero-order chi connectivity index (χ0) is 16.3. The number of aliphatic hydroxyl groups excluding tert-OH is 1. The molecule has 0 aliphatic carbocycles. The summed E-state index contributed by atoms with van der Waals surface area (Å²) in [5, 5.41) is 8.75. The average molecular weight is 432 g/mol. The second kappa shape index (κ2) is 6.79. The Labute approximate surface area is 122 Å². The molecule has 120 valence electrons. The second-order valence-electron chi connectivity index (χ2n) is 3.36. The van der Waals surface area contributed by atoms with Crippen molar-refractivity contribution in [1.29, 1.82) is 0 Å². The molecule has 0 saturated heterocycles. The molecule has 0 spiro atoms. The van der Waals surface area contributed by atoms with Crippen molar-refractivity contribution in [3.05, 3.63) is 33.9 Å². The normalized spacial score (nSPS) is 14.5. The van der Waals surface area contributed by atoms with Gasteiger partial charge >= 0.3 is 122 Å². The molecule has 0 bridgehead atoms. The third-order valence-corrected chi connectivity index (χ3v) is 5.21. The Balaban J connectivity index is 2.94. The van der Waals surface area contributed by atoms with Gasteiger partial charge in [0.1, 0.15) is 0 Å². The van der Waals surface area contributed by atoms with Crippen LogP contribution in [0.2, 0.25) is 0 Å². The maximum absolute atomic E-state index is 12.2. The van der Waals surface area contributed by atoms with Crippen molar-refractivity contribution in [2.75, 3.05) is 0 Å². The molecule has 4 nitrogen and oxygen atoms in total. The number of hydrogen-bond donors (Lipinski definition) is 1. The van der Waals surface area contributed by atoms with E-state index in [0.717, 1.165) is 12.1 Å². The topological polar surface area (TPSA) is 55.8 Å². The summed E-state index contributed by atoms with van der Waals surface area (Å²) in [4.78, 5) is 10.7. The first-order valence-electron chi connectivity index (χ1n) is 4.98. The molecule has 0 aliphatic heterocycles. The molecule has 1 rings (SSSR count). The Morgan fingerprint density at radius 1 is 1.10 bits per heavy atom. The van der Waals surface area contributed by atoms with E-state index < -0.39 is 45.3 Å². The molecule has 1 aromatic rings. The van der Waals surface area contributed by atoms with Crippen molar-refractivity contribution >= 4 is 26.6 Å². The molecule has 1 unspecified atom stereocenters. The molecule has 0 fully saturated rings. The molecule has 0 saturated carbocycles. The molecule has 1 aromatic carbocycles. The van der Waals surface area contributed by atoms with Crippen LogP contribution >= 0.6 is 20.6 Å². The van der Waals surface area contributed by atoms with Crippen molar-refractivity contribution in [3.8, 4) is 0 Å². The number of benzene rings is 1. The summed E-state index contributed by atoms with van der Waals surface area (Å²) in [6, 6.07) is 6.34. The Morgan fingerprint density at radius 3 is 2.05 bits per heavy atom. The zero-order valence-electron chi connectivity index (χ0n) is 9.78. The first kappa shape index (κ1) is 18.0. The van der Waals surface area contributed by atoms with Gasteiger partial charge in [0.2, 0.25) is 0 Å². The SMILES string of the molecule is O=C(OI(OC(O)C(F)(F)F)c1ccccc1)C(F)(F)F. The summed E-state index contributed by atoms with van der Waals surface area (Å²) in [7, 11) is 0. The summed E-state index contributed by atoms with van der Waals surface area (Å²) in [6.07, 6.45) is -13.9. The van der Waals surface area contributed by atoms with E-state index in [1.54, 1.807) is 0 Å². The number of halogens is 7. The predicted molar refractivity (Wildman–Crippen MR) is 64.5 cm³/mol. The van der Waals surface area contributed by atoms with Gasteiger partial charge in [0.05, 0.1) is 0 Å². The summed E-state index contributed by atoms with van der Waals surface area (Å²) in [5.74, 6) is -2.68. The molecule has 0 aliphatic rings. The van der Waals surface area contributed by atoms with E-state index in [0.29, 0.717) is 0 Å². The van der Waals surface area contributed by atoms with Gasteiger partial charge in [-0.15, -0.1) is 0 Å². The van der Waals surface area contributed by atoms with E-state index in [4.69, 9.17) is 5.11 Å². The van der Waals surface area contributed by atoms with Crippen LogP contribution in [-0.4, -0.2) is 29.7 Å². The Morgan fingerprint density at radius 2 is 1.62 bits per heavy atom. The first-order valence-corrected chi connectivity index (χ1v) is 7.82. The van der Waals surface area contributed by atoms with Gasteiger partial charge in [-0.1, -0.05) is 0 Å². The molecule has 0 aromatic heterocycles. The molecule has 0 heterocycles. The van der Waals surface area contributed by atoms with Crippen LogP contribution in [0, 0.1) is 3.57 Å². The van der Waals surface area contributed by atoms with Crippen LogP contribution in [0.1, 0.15) is 0 Å². The van der Waals surface area contributed by atoms with Crippen LogP contribution in [0.5, 0.6) is 0 Å². The molecule has 11 heteroatoms. The fourth-order valence-electron chi connectivity index (χ4n) is 0.866. The molecule has 1 N–H and O–H groups in total. The third-order valence-electron chi connectivity index (χ3n) is 1.73. The molecule has 0 amide bonds. The van der Waals surface area contributed by atoms with Gasteiger partial charge < -0.3 is 0 Å². The van der Waals surface area contributed by atoms with E-state index in [2.05, 4.69) is 6.13 Å². The fourth-order valence-corrected chi connectivity index (χ4v) is 3.86. The van der Waals surface area contributed by atoms with Crippen LogP contribution in [0.3, 0.4) is 0 Å². The zero-order valence-corrected chi connectivity index (χ0v) is 11.9. The third kappa shape index (κ3) is 5.67. The summed E-state index contributed by atoms with van der Waals surface area (Å²) < 4.78 is 80.8. The first-order chi connectivity index (χ1) is 9.51. The number of alkyl halides is 6. The van der Waals surface area contributed by atoms with Crippen LogP contribution in [0.15, 0.2) is 30.3 Å². The maximum atomic E-state index is 12.2. The van der Waals surface area contributed by atoms with E-state index >= 15 is 0 Å². The molecular weight excluding hydrogens is 425 g/mol. The van der Waals surface area contributed by atoms with Crippen LogP contribution in [0.25, 0.3) is 0 Å². The van der Waals surface area contributed by atoms with Gasteiger partial charge in [-0.2, -0.15) is 0 Å². The van der Waals surface area contributed by atoms with Crippen LogP contribution < -0.4 is 0 Å². The minimum atomic E-state index is -5.38. The van der Waals surface area contributed by atoms with Gasteiger partial charge in [0, 0.05) is 0 Å². The van der Waals surface area contributed by atoms with Crippen molar-refractivity contribution in [3.63, 3.8) is 0 Å². The standard InChI is InChI=1S/C10H7F6IO4/c11-9(12,13)7(18)20-17(6-4-2-1-3-5-6)21-8(19)10(14,15)16/h1-5,7,18H. The number of hydrogen-bond acceptors (Lipinski definition) is 4. The van der Waals surface area contributed by atoms with Gasteiger partial charge in [0.25, 0.3) is 0 Å². The minimum absolute atomic E-state index is 0.150. The van der Waals surface area contributed by atoms with Gasteiger partial charge in [0.15, 0.2) is 0 Å². The van der Waals surface area contributed by atoms with Crippen molar-refractivity contribution < 1.29 is 42.4 Å². The van der Waals surface area contributed by atoms with E-state index in [9.17, 15) is 31.1 Å². The Hall–Kier alpha value is -1.08. The molecule has 21 heavy (non-hydrogen) atoms. The molecule has 0 radical (unpaired) electrons. The molecular formula is C10H7F6IO4. The number of aliphatic hydroxyl groups is 1. The Bertz CT molecular complexity index is 475. The summed E-state index contributed by atoms with van der Waals surface area (Å²) in [6.45, 7) is 0. The van der Waals surface area contributed by atoms with Crippen molar-refractivity contribution in [2.45, 2.75) is 18.6 Å². The number of rotatable bonds is 4. The summed E-state index contributed by atoms with van der Waals surface area (Å²) in [5.41, 5.74) is 0. The van der Waals surface area contributed by atoms with Crippen LogP contribution in [0.4, 0.5) is 26.3 Å². The van der Waals surface area contributed by atoms with E-state index in [-0.39, 0.29) is 3.57 Å². The van der Waals surface area contributed by atoms with E-state index in [1.807, 2.05) is 0 Å². The van der Waals surface area contributed by atoms with Crippen molar-refractivity contribution in [1.82, 2.24) is 0 Å². The molecule has 1 atom stereocenters. The monoisotopic (exact) mass is 432 g/mol. The fraction of sp³-hybridized carbons (Fsp3) is 0.300. The number of carbonyl (C=O) groups excluding carboxylic acids is 1. The van der Waals surface area contributed by atoms with Crippen molar-refractivity contribution in [2.24, 2.45) is 0 Å². The predicted octanol–water partition coefficient (Wildman–Crippen LogP) is 3.20. The van der Waals surface area contributed by atoms with Gasteiger partial charge in [-0.05, 0) is 0 Å². The summed E-state index contributed by atoms with van der Waals surface area (Å²) >= 11 is -4.15. The van der Waals surface area contributed by atoms with Gasteiger partial charge in [-0.3, -0.25) is 0 Å². The number of carbonyl (C=O) groups is 1.